The van der Waals surface area contributed by atoms with Gasteiger partial charge in [-0.15, -0.1) is 0 Å². The van der Waals surface area contributed by atoms with Crippen LogP contribution in [-0.4, -0.2) is 16.1 Å². The zero-order valence-corrected chi connectivity index (χ0v) is 13.4. The highest BCUT2D eigenvalue weighted by atomic mass is 32.1. The van der Waals surface area contributed by atoms with E-state index in [0.29, 0.717) is 12.0 Å². The second-order valence-electron chi connectivity index (χ2n) is 6.06. The summed E-state index contributed by atoms with van der Waals surface area (Å²) in [6.07, 6.45) is 2.48. The average Bonchev–Trinajstić information content (AvgIpc) is 3.20. The zero-order chi connectivity index (χ0) is 14.8. The molecule has 0 spiro atoms. The SMILES string of the molecule is CC(C)c1cc(CO)cc(N(Cc2ccsc2)C2CC2)n1. The molecule has 0 aliphatic heterocycles. The van der Waals surface area contributed by atoms with Gasteiger partial charge in [-0.3, -0.25) is 0 Å². The molecule has 0 saturated heterocycles. The zero-order valence-electron chi connectivity index (χ0n) is 12.6. The molecule has 1 saturated carbocycles. The number of thiophene rings is 1. The minimum atomic E-state index is 0.0756. The van der Waals surface area contributed by atoms with Gasteiger partial charge in [0.2, 0.25) is 0 Å². The van der Waals surface area contributed by atoms with Crippen LogP contribution in [0.5, 0.6) is 0 Å². The summed E-state index contributed by atoms with van der Waals surface area (Å²) in [5.74, 6) is 1.39. The van der Waals surface area contributed by atoms with E-state index in [1.807, 2.05) is 12.1 Å². The number of hydrogen-bond acceptors (Lipinski definition) is 4. The van der Waals surface area contributed by atoms with E-state index < -0.39 is 0 Å². The highest BCUT2D eigenvalue weighted by molar-refractivity contribution is 7.07. The number of pyridine rings is 1. The summed E-state index contributed by atoms with van der Waals surface area (Å²) in [5, 5.41) is 13.8. The minimum Gasteiger partial charge on any atom is -0.392 e. The Morgan fingerprint density at radius 3 is 2.71 bits per heavy atom. The maximum Gasteiger partial charge on any atom is 0.129 e. The third kappa shape index (κ3) is 3.44. The number of hydrogen-bond donors (Lipinski definition) is 1. The molecule has 0 amide bonds. The molecule has 1 aliphatic carbocycles. The third-order valence-corrected chi connectivity index (χ3v) is 4.61. The van der Waals surface area contributed by atoms with E-state index in [2.05, 4.69) is 35.6 Å². The van der Waals surface area contributed by atoms with E-state index in [9.17, 15) is 5.11 Å². The summed E-state index contributed by atoms with van der Waals surface area (Å²) >= 11 is 1.74. The lowest BCUT2D eigenvalue weighted by atomic mass is 10.1. The fraction of sp³-hybridized carbons (Fsp3) is 0.471. The number of nitrogens with zero attached hydrogens (tertiary/aromatic N) is 2. The number of aliphatic hydroxyl groups is 1. The van der Waals surface area contributed by atoms with Crippen molar-refractivity contribution in [2.24, 2.45) is 0 Å². The van der Waals surface area contributed by atoms with Gasteiger partial charge < -0.3 is 10.0 Å². The molecule has 1 N–H and O–H groups in total. The maximum absolute atomic E-state index is 9.52. The van der Waals surface area contributed by atoms with Crippen molar-refractivity contribution in [2.75, 3.05) is 4.90 Å². The molecule has 4 heteroatoms. The Morgan fingerprint density at radius 2 is 2.14 bits per heavy atom. The predicted octanol–water partition coefficient (Wildman–Crippen LogP) is 3.93. The molecular formula is C17H22N2OS. The van der Waals surface area contributed by atoms with E-state index in [-0.39, 0.29) is 6.61 Å². The summed E-state index contributed by atoms with van der Waals surface area (Å²) in [6, 6.07) is 6.84. The van der Waals surface area contributed by atoms with Gasteiger partial charge in [0.05, 0.1) is 6.61 Å². The van der Waals surface area contributed by atoms with Crippen molar-refractivity contribution in [1.82, 2.24) is 4.98 Å². The number of aliphatic hydroxyl groups excluding tert-OH is 1. The van der Waals surface area contributed by atoms with Gasteiger partial charge in [-0.1, -0.05) is 13.8 Å². The largest absolute Gasteiger partial charge is 0.392 e. The van der Waals surface area contributed by atoms with Crippen LogP contribution >= 0.6 is 11.3 Å². The van der Waals surface area contributed by atoms with Crippen LogP contribution in [0.1, 0.15) is 49.4 Å². The van der Waals surface area contributed by atoms with Gasteiger partial charge in [0.25, 0.3) is 0 Å². The number of anilines is 1. The standard InChI is InChI=1S/C17H22N2OS/c1-12(2)16-7-14(10-20)8-17(18-16)19(15-3-4-15)9-13-5-6-21-11-13/h5-8,11-12,15,20H,3-4,9-10H2,1-2H3. The molecule has 2 aromatic rings. The summed E-state index contributed by atoms with van der Waals surface area (Å²) in [7, 11) is 0. The van der Waals surface area contributed by atoms with E-state index >= 15 is 0 Å². The molecule has 1 fully saturated rings. The Balaban J connectivity index is 1.92. The van der Waals surface area contributed by atoms with Crippen molar-refractivity contribution in [3.8, 4) is 0 Å². The third-order valence-electron chi connectivity index (χ3n) is 3.88. The first-order valence-corrected chi connectivity index (χ1v) is 8.51. The summed E-state index contributed by atoms with van der Waals surface area (Å²) in [4.78, 5) is 7.24. The molecule has 0 aromatic carbocycles. The first-order valence-electron chi connectivity index (χ1n) is 7.57. The van der Waals surface area contributed by atoms with Gasteiger partial charge in [0, 0.05) is 18.3 Å². The van der Waals surface area contributed by atoms with Crippen LogP contribution in [0, 0.1) is 0 Å². The van der Waals surface area contributed by atoms with Crippen molar-refractivity contribution >= 4 is 17.2 Å². The minimum absolute atomic E-state index is 0.0756. The van der Waals surface area contributed by atoms with Gasteiger partial charge in [0.15, 0.2) is 0 Å². The molecule has 112 valence electrons. The Morgan fingerprint density at radius 1 is 1.33 bits per heavy atom. The van der Waals surface area contributed by atoms with Gasteiger partial charge in [-0.05, 0) is 58.8 Å². The number of rotatable bonds is 6. The molecular weight excluding hydrogens is 280 g/mol. The highest BCUT2D eigenvalue weighted by Crippen LogP contribution is 2.33. The molecule has 0 atom stereocenters. The van der Waals surface area contributed by atoms with Gasteiger partial charge in [-0.2, -0.15) is 11.3 Å². The van der Waals surface area contributed by atoms with Crippen LogP contribution in [0.2, 0.25) is 0 Å². The van der Waals surface area contributed by atoms with Crippen LogP contribution in [-0.2, 0) is 13.2 Å². The van der Waals surface area contributed by atoms with Crippen molar-refractivity contribution in [3.05, 3.63) is 45.8 Å². The average molecular weight is 302 g/mol. The van der Waals surface area contributed by atoms with Crippen LogP contribution < -0.4 is 4.90 Å². The van der Waals surface area contributed by atoms with Crippen molar-refractivity contribution in [2.45, 2.75) is 51.8 Å². The van der Waals surface area contributed by atoms with Crippen LogP contribution in [0.4, 0.5) is 5.82 Å². The van der Waals surface area contributed by atoms with Gasteiger partial charge in [0.1, 0.15) is 5.82 Å². The van der Waals surface area contributed by atoms with E-state index in [4.69, 9.17) is 4.98 Å². The Kier molecular flexibility index (Phi) is 4.27. The number of aromatic nitrogens is 1. The lowest BCUT2D eigenvalue weighted by molar-refractivity contribution is 0.281. The van der Waals surface area contributed by atoms with Gasteiger partial charge in [-0.25, -0.2) is 4.98 Å². The molecule has 0 radical (unpaired) electrons. The molecule has 1 aliphatic rings. The highest BCUT2D eigenvalue weighted by Gasteiger charge is 2.30. The normalized spacial score (nSPS) is 14.7. The van der Waals surface area contributed by atoms with Crippen molar-refractivity contribution in [1.29, 1.82) is 0 Å². The fourth-order valence-corrected chi connectivity index (χ4v) is 3.15. The van der Waals surface area contributed by atoms with Crippen LogP contribution in [0.3, 0.4) is 0 Å². The van der Waals surface area contributed by atoms with Crippen LogP contribution in [0.15, 0.2) is 29.0 Å². The summed E-state index contributed by atoms with van der Waals surface area (Å²) in [6.45, 7) is 5.28. The van der Waals surface area contributed by atoms with Crippen molar-refractivity contribution < 1.29 is 5.11 Å². The van der Waals surface area contributed by atoms with Crippen molar-refractivity contribution in [3.63, 3.8) is 0 Å². The Labute approximate surface area is 130 Å². The second-order valence-corrected chi connectivity index (χ2v) is 6.84. The first-order chi connectivity index (χ1) is 10.2. The fourth-order valence-electron chi connectivity index (χ4n) is 2.49. The van der Waals surface area contributed by atoms with E-state index in [1.54, 1.807) is 11.3 Å². The van der Waals surface area contributed by atoms with Gasteiger partial charge >= 0.3 is 0 Å². The molecule has 0 bridgehead atoms. The molecule has 21 heavy (non-hydrogen) atoms. The van der Waals surface area contributed by atoms with E-state index in [1.165, 1.54) is 18.4 Å². The first kappa shape index (κ1) is 14.5. The van der Waals surface area contributed by atoms with Crippen LogP contribution in [0.25, 0.3) is 0 Å². The lowest BCUT2D eigenvalue weighted by Gasteiger charge is -2.25. The Bertz CT molecular complexity index is 591. The molecule has 3 nitrogen and oxygen atoms in total. The predicted molar refractivity (Wildman–Crippen MR) is 87.8 cm³/mol. The Hall–Kier alpha value is -1.39. The molecule has 3 rings (SSSR count). The quantitative estimate of drug-likeness (QED) is 0.878. The van der Waals surface area contributed by atoms with E-state index in [0.717, 1.165) is 23.6 Å². The molecule has 0 unspecified atom stereocenters. The monoisotopic (exact) mass is 302 g/mol. The summed E-state index contributed by atoms with van der Waals surface area (Å²) < 4.78 is 0. The molecule has 2 heterocycles. The molecule has 2 aromatic heterocycles. The second kappa shape index (κ2) is 6.16. The smallest absolute Gasteiger partial charge is 0.129 e. The maximum atomic E-state index is 9.52. The lowest BCUT2D eigenvalue weighted by Crippen LogP contribution is -2.26. The summed E-state index contributed by atoms with van der Waals surface area (Å²) in [5.41, 5.74) is 3.36. The topological polar surface area (TPSA) is 36.4 Å².